The van der Waals surface area contributed by atoms with Gasteiger partial charge >= 0.3 is 0 Å². The molecule has 1 aromatic rings. The normalized spacial score (nSPS) is 10.2. The number of hydrogen-bond donors (Lipinski definition) is 1. The molecule has 1 rings (SSSR count). The largest absolute Gasteiger partial charge is 0.489 e. The summed E-state index contributed by atoms with van der Waals surface area (Å²) in [5, 5.41) is 3.43. The standard InChI is InChI=1S/C15H23NO/c1-4-5-10-16-11-14-8-6-7-9-15(14)17-12-13(2)3/h6-9,16H,2,4-5,10-12H2,1,3H3. The molecular weight excluding hydrogens is 210 g/mol. The van der Waals surface area contributed by atoms with E-state index in [9.17, 15) is 0 Å². The van der Waals surface area contributed by atoms with E-state index >= 15 is 0 Å². The Morgan fingerprint density at radius 3 is 2.82 bits per heavy atom. The number of benzene rings is 1. The average molecular weight is 233 g/mol. The molecule has 0 bridgehead atoms. The Hall–Kier alpha value is -1.28. The lowest BCUT2D eigenvalue weighted by Gasteiger charge is -2.12. The Morgan fingerprint density at radius 2 is 2.12 bits per heavy atom. The van der Waals surface area contributed by atoms with Gasteiger partial charge in [-0.05, 0) is 31.5 Å². The Balaban J connectivity index is 2.48. The summed E-state index contributed by atoms with van der Waals surface area (Å²) in [4.78, 5) is 0. The molecular formula is C15H23NO. The van der Waals surface area contributed by atoms with Crippen LogP contribution in [0.1, 0.15) is 32.3 Å². The zero-order chi connectivity index (χ0) is 12.5. The average Bonchev–Trinajstić information content (AvgIpc) is 2.33. The molecule has 0 spiro atoms. The summed E-state index contributed by atoms with van der Waals surface area (Å²) in [5.41, 5.74) is 2.25. The molecule has 0 amide bonds. The SMILES string of the molecule is C=C(C)COc1ccccc1CNCCCC. The van der Waals surface area contributed by atoms with Crippen LogP contribution in [-0.4, -0.2) is 13.2 Å². The number of para-hydroxylation sites is 1. The lowest BCUT2D eigenvalue weighted by Crippen LogP contribution is -2.15. The molecule has 2 heteroatoms. The summed E-state index contributed by atoms with van der Waals surface area (Å²) >= 11 is 0. The van der Waals surface area contributed by atoms with Gasteiger partial charge in [-0.2, -0.15) is 0 Å². The summed E-state index contributed by atoms with van der Waals surface area (Å²) < 4.78 is 5.72. The first-order valence-electron chi connectivity index (χ1n) is 6.30. The van der Waals surface area contributed by atoms with Crippen molar-refractivity contribution in [3.05, 3.63) is 42.0 Å². The first-order valence-corrected chi connectivity index (χ1v) is 6.30. The quantitative estimate of drug-likeness (QED) is 0.548. The van der Waals surface area contributed by atoms with Crippen molar-refractivity contribution < 1.29 is 4.74 Å². The monoisotopic (exact) mass is 233 g/mol. The van der Waals surface area contributed by atoms with Crippen LogP contribution in [0.3, 0.4) is 0 Å². The maximum absolute atomic E-state index is 5.72. The highest BCUT2D eigenvalue weighted by Crippen LogP contribution is 2.18. The molecule has 17 heavy (non-hydrogen) atoms. The minimum atomic E-state index is 0.589. The van der Waals surface area contributed by atoms with Crippen molar-refractivity contribution in [2.75, 3.05) is 13.2 Å². The van der Waals surface area contributed by atoms with E-state index in [4.69, 9.17) is 4.74 Å². The molecule has 0 saturated heterocycles. The van der Waals surface area contributed by atoms with Crippen LogP contribution in [0.15, 0.2) is 36.4 Å². The molecule has 94 valence electrons. The molecule has 1 N–H and O–H groups in total. The molecule has 0 unspecified atom stereocenters. The summed E-state index contributed by atoms with van der Waals surface area (Å²) in [5.74, 6) is 0.958. The Morgan fingerprint density at radius 1 is 1.35 bits per heavy atom. The molecule has 0 atom stereocenters. The third kappa shape index (κ3) is 5.55. The maximum atomic E-state index is 5.72. The van der Waals surface area contributed by atoms with Crippen LogP contribution >= 0.6 is 0 Å². The highest BCUT2D eigenvalue weighted by molar-refractivity contribution is 5.33. The number of ether oxygens (including phenoxy) is 1. The molecule has 0 aliphatic heterocycles. The zero-order valence-electron chi connectivity index (χ0n) is 11.0. The van der Waals surface area contributed by atoms with Crippen LogP contribution in [0.25, 0.3) is 0 Å². The van der Waals surface area contributed by atoms with E-state index in [1.54, 1.807) is 0 Å². The van der Waals surface area contributed by atoms with Crippen LogP contribution in [0, 0.1) is 0 Å². The van der Waals surface area contributed by atoms with Crippen molar-refractivity contribution in [1.82, 2.24) is 5.32 Å². The van der Waals surface area contributed by atoms with Gasteiger partial charge in [0.05, 0.1) is 0 Å². The van der Waals surface area contributed by atoms with Crippen molar-refractivity contribution in [3.8, 4) is 5.75 Å². The predicted molar refractivity (Wildman–Crippen MR) is 73.4 cm³/mol. The highest BCUT2D eigenvalue weighted by Gasteiger charge is 2.02. The lowest BCUT2D eigenvalue weighted by molar-refractivity contribution is 0.347. The van der Waals surface area contributed by atoms with Crippen LogP contribution in [0.5, 0.6) is 5.75 Å². The van der Waals surface area contributed by atoms with Gasteiger partial charge in [0.2, 0.25) is 0 Å². The van der Waals surface area contributed by atoms with Crippen LogP contribution < -0.4 is 10.1 Å². The van der Waals surface area contributed by atoms with Crippen molar-refractivity contribution in [3.63, 3.8) is 0 Å². The van der Waals surface area contributed by atoms with Gasteiger partial charge in [0.25, 0.3) is 0 Å². The minimum Gasteiger partial charge on any atom is -0.489 e. The van der Waals surface area contributed by atoms with E-state index in [1.165, 1.54) is 18.4 Å². The molecule has 0 radical (unpaired) electrons. The van der Waals surface area contributed by atoms with Crippen molar-refractivity contribution in [2.45, 2.75) is 33.2 Å². The fourth-order valence-corrected chi connectivity index (χ4v) is 1.52. The third-order valence-electron chi connectivity index (χ3n) is 2.47. The van der Waals surface area contributed by atoms with Crippen molar-refractivity contribution >= 4 is 0 Å². The van der Waals surface area contributed by atoms with Crippen LogP contribution in [0.2, 0.25) is 0 Å². The fourth-order valence-electron chi connectivity index (χ4n) is 1.52. The summed E-state index contributed by atoms with van der Waals surface area (Å²) in [7, 11) is 0. The first-order chi connectivity index (χ1) is 8.24. The number of rotatable bonds is 8. The smallest absolute Gasteiger partial charge is 0.124 e. The molecule has 0 aromatic heterocycles. The van der Waals surface area contributed by atoms with Gasteiger partial charge in [-0.15, -0.1) is 0 Å². The fraction of sp³-hybridized carbons (Fsp3) is 0.467. The van der Waals surface area contributed by atoms with E-state index in [0.29, 0.717) is 6.61 Å². The molecule has 0 fully saturated rings. The molecule has 0 aliphatic carbocycles. The van der Waals surface area contributed by atoms with E-state index in [-0.39, 0.29) is 0 Å². The number of nitrogens with one attached hydrogen (secondary N) is 1. The second-order valence-corrected chi connectivity index (χ2v) is 4.38. The third-order valence-corrected chi connectivity index (χ3v) is 2.47. The van der Waals surface area contributed by atoms with Gasteiger partial charge in [0.15, 0.2) is 0 Å². The van der Waals surface area contributed by atoms with E-state index in [1.807, 2.05) is 25.1 Å². The van der Waals surface area contributed by atoms with Crippen LogP contribution in [0.4, 0.5) is 0 Å². The summed E-state index contributed by atoms with van der Waals surface area (Å²) in [6.07, 6.45) is 2.44. The topological polar surface area (TPSA) is 21.3 Å². The van der Waals surface area contributed by atoms with Gasteiger partial charge < -0.3 is 10.1 Å². The second kappa shape index (κ2) is 7.91. The van der Waals surface area contributed by atoms with E-state index in [2.05, 4.69) is 24.9 Å². The number of unbranched alkanes of at least 4 members (excludes halogenated alkanes) is 1. The molecule has 0 saturated carbocycles. The molecule has 0 heterocycles. The van der Waals surface area contributed by atoms with E-state index < -0.39 is 0 Å². The minimum absolute atomic E-state index is 0.589. The summed E-state index contributed by atoms with van der Waals surface area (Å²) in [6, 6.07) is 8.17. The van der Waals surface area contributed by atoms with Gasteiger partial charge in [0.1, 0.15) is 12.4 Å². The molecule has 1 aromatic carbocycles. The van der Waals surface area contributed by atoms with E-state index in [0.717, 1.165) is 24.4 Å². The first kappa shape index (κ1) is 13.8. The van der Waals surface area contributed by atoms with Crippen LogP contribution in [-0.2, 0) is 6.54 Å². The van der Waals surface area contributed by atoms with Gasteiger partial charge in [-0.25, -0.2) is 0 Å². The van der Waals surface area contributed by atoms with Crippen molar-refractivity contribution in [2.24, 2.45) is 0 Å². The number of hydrogen-bond acceptors (Lipinski definition) is 2. The molecule has 0 aliphatic rings. The Kier molecular flexibility index (Phi) is 6.41. The van der Waals surface area contributed by atoms with Crippen molar-refractivity contribution in [1.29, 1.82) is 0 Å². The Bertz CT molecular complexity index is 347. The Labute approximate surface area is 105 Å². The van der Waals surface area contributed by atoms with Gasteiger partial charge in [-0.1, -0.05) is 38.1 Å². The lowest BCUT2D eigenvalue weighted by atomic mass is 10.2. The highest BCUT2D eigenvalue weighted by atomic mass is 16.5. The second-order valence-electron chi connectivity index (χ2n) is 4.38. The zero-order valence-corrected chi connectivity index (χ0v) is 11.0. The van der Waals surface area contributed by atoms with Gasteiger partial charge in [0, 0.05) is 12.1 Å². The predicted octanol–water partition coefficient (Wildman–Crippen LogP) is 3.53. The van der Waals surface area contributed by atoms with Gasteiger partial charge in [-0.3, -0.25) is 0 Å². The maximum Gasteiger partial charge on any atom is 0.124 e. The molecule has 2 nitrogen and oxygen atoms in total. The summed E-state index contributed by atoms with van der Waals surface area (Å²) in [6.45, 7) is 10.5.